The van der Waals surface area contributed by atoms with E-state index >= 15 is 0 Å². The lowest BCUT2D eigenvalue weighted by Crippen LogP contribution is -2.38. The number of tetrazole rings is 1. The molecule has 1 aliphatic carbocycles. The minimum Gasteiger partial charge on any atom is -0.377 e. The van der Waals surface area contributed by atoms with E-state index in [-0.39, 0.29) is 0 Å². The summed E-state index contributed by atoms with van der Waals surface area (Å²) in [7, 11) is 0. The zero-order valence-electron chi connectivity index (χ0n) is 13.1. The van der Waals surface area contributed by atoms with Crippen LogP contribution in [0.5, 0.6) is 0 Å². The lowest BCUT2D eigenvalue weighted by Gasteiger charge is -2.27. The van der Waals surface area contributed by atoms with Gasteiger partial charge < -0.3 is 9.47 Å². The van der Waals surface area contributed by atoms with E-state index in [0.29, 0.717) is 18.2 Å². The third-order valence-electron chi connectivity index (χ3n) is 4.79. The van der Waals surface area contributed by atoms with E-state index in [1.165, 1.54) is 25.7 Å². The van der Waals surface area contributed by atoms with Crippen LogP contribution in [0.4, 0.5) is 0 Å². The van der Waals surface area contributed by atoms with Crippen molar-refractivity contribution in [1.82, 2.24) is 25.1 Å². The first-order valence-corrected chi connectivity index (χ1v) is 8.61. The highest BCUT2D eigenvalue weighted by molar-refractivity contribution is 4.91. The molecule has 7 nitrogen and oxygen atoms in total. The average Bonchev–Trinajstić information content (AvgIpc) is 2.97. The van der Waals surface area contributed by atoms with Gasteiger partial charge in [-0.3, -0.25) is 4.90 Å². The molecule has 2 saturated heterocycles. The van der Waals surface area contributed by atoms with Gasteiger partial charge in [0.05, 0.1) is 24.8 Å². The Hall–Kier alpha value is -1.05. The highest BCUT2D eigenvalue weighted by Gasteiger charge is 2.30. The average molecular weight is 307 g/mol. The number of rotatable bonds is 7. The van der Waals surface area contributed by atoms with Gasteiger partial charge in [-0.2, -0.15) is 0 Å². The molecule has 0 unspecified atom stereocenters. The fourth-order valence-electron chi connectivity index (χ4n) is 3.48. The molecule has 7 heteroatoms. The van der Waals surface area contributed by atoms with Crippen LogP contribution in [-0.4, -0.2) is 63.6 Å². The smallest absolute Gasteiger partial charge is 0.165 e. The molecular weight excluding hydrogens is 282 g/mol. The molecule has 0 radical (unpaired) electrons. The van der Waals surface area contributed by atoms with Crippen molar-refractivity contribution in [1.29, 1.82) is 0 Å². The Bertz CT molecular complexity index is 460. The largest absolute Gasteiger partial charge is 0.377 e. The van der Waals surface area contributed by atoms with E-state index in [1.54, 1.807) is 0 Å². The molecule has 122 valence electrons. The second-order valence-electron chi connectivity index (χ2n) is 6.73. The topological polar surface area (TPSA) is 65.3 Å². The van der Waals surface area contributed by atoms with E-state index in [4.69, 9.17) is 9.47 Å². The Kier molecular flexibility index (Phi) is 4.36. The Balaban J connectivity index is 1.41. The standard InChI is InChI=1S/C15H25N5O2/c1-3-13(21-7-1)9-19(10-14-4-2-8-22-14)11-15-16-17-18-20(15)12-5-6-12/h12-14H,1-11H2/t13-,14-/m1/s1. The van der Waals surface area contributed by atoms with E-state index in [0.717, 1.165) is 51.5 Å². The number of aromatic nitrogens is 4. The minimum absolute atomic E-state index is 0.353. The van der Waals surface area contributed by atoms with Crippen LogP contribution in [0.2, 0.25) is 0 Å². The van der Waals surface area contributed by atoms with Crippen molar-refractivity contribution in [3.63, 3.8) is 0 Å². The van der Waals surface area contributed by atoms with Crippen LogP contribution >= 0.6 is 0 Å². The van der Waals surface area contributed by atoms with Gasteiger partial charge in [0.15, 0.2) is 5.82 Å². The van der Waals surface area contributed by atoms with Crippen molar-refractivity contribution in [2.75, 3.05) is 26.3 Å². The summed E-state index contributed by atoms with van der Waals surface area (Å²) < 4.78 is 13.6. The predicted molar refractivity (Wildman–Crippen MR) is 79.3 cm³/mol. The zero-order valence-corrected chi connectivity index (χ0v) is 13.1. The lowest BCUT2D eigenvalue weighted by molar-refractivity contribution is 0.0331. The molecule has 22 heavy (non-hydrogen) atoms. The van der Waals surface area contributed by atoms with E-state index < -0.39 is 0 Å². The van der Waals surface area contributed by atoms with E-state index in [1.807, 2.05) is 4.68 Å². The van der Waals surface area contributed by atoms with Gasteiger partial charge in [0.1, 0.15) is 0 Å². The van der Waals surface area contributed by atoms with Gasteiger partial charge in [-0.25, -0.2) is 4.68 Å². The number of hydrogen-bond donors (Lipinski definition) is 0. The summed E-state index contributed by atoms with van der Waals surface area (Å²) in [4.78, 5) is 2.43. The van der Waals surface area contributed by atoms with Gasteiger partial charge >= 0.3 is 0 Å². The summed E-state index contributed by atoms with van der Waals surface area (Å²) in [6.45, 7) is 4.51. The van der Waals surface area contributed by atoms with Crippen LogP contribution in [0.25, 0.3) is 0 Å². The molecule has 0 N–H and O–H groups in total. The van der Waals surface area contributed by atoms with Gasteiger partial charge in [0, 0.05) is 26.3 Å². The summed E-state index contributed by atoms with van der Waals surface area (Å²) in [6, 6.07) is 0.525. The Morgan fingerprint density at radius 3 is 2.23 bits per heavy atom. The van der Waals surface area contributed by atoms with Crippen LogP contribution in [0.15, 0.2) is 0 Å². The first kappa shape index (κ1) is 14.5. The molecular formula is C15H25N5O2. The van der Waals surface area contributed by atoms with E-state index in [9.17, 15) is 0 Å². The van der Waals surface area contributed by atoms with Crippen molar-refractivity contribution in [2.45, 2.75) is 63.3 Å². The molecule has 0 amide bonds. The Morgan fingerprint density at radius 2 is 1.68 bits per heavy atom. The van der Waals surface area contributed by atoms with Gasteiger partial charge in [-0.05, 0) is 49.0 Å². The van der Waals surface area contributed by atoms with Crippen LogP contribution < -0.4 is 0 Å². The number of ether oxygens (including phenoxy) is 2. The molecule has 3 fully saturated rings. The third kappa shape index (κ3) is 3.47. The number of hydrogen-bond acceptors (Lipinski definition) is 6. The Labute approximate surface area is 130 Å². The maximum absolute atomic E-state index is 5.82. The molecule has 3 aliphatic rings. The first-order chi connectivity index (χ1) is 10.9. The second-order valence-corrected chi connectivity index (χ2v) is 6.73. The minimum atomic E-state index is 0.353. The van der Waals surface area contributed by atoms with Crippen LogP contribution in [0.1, 0.15) is 50.4 Å². The van der Waals surface area contributed by atoms with Crippen molar-refractivity contribution < 1.29 is 9.47 Å². The van der Waals surface area contributed by atoms with Gasteiger partial charge in [0.2, 0.25) is 0 Å². The highest BCUT2D eigenvalue weighted by Crippen LogP contribution is 2.34. The SMILES string of the molecule is C1CO[C@@H](CN(Cc2nnnn2C2CC2)C[C@H]2CCCO2)C1. The van der Waals surface area contributed by atoms with Crippen molar-refractivity contribution >= 4 is 0 Å². The number of nitrogens with zero attached hydrogens (tertiary/aromatic N) is 5. The normalized spacial score (nSPS) is 28.8. The maximum atomic E-state index is 5.82. The highest BCUT2D eigenvalue weighted by atomic mass is 16.5. The van der Waals surface area contributed by atoms with Gasteiger partial charge in [-0.15, -0.1) is 5.10 Å². The quantitative estimate of drug-likeness (QED) is 0.753. The van der Waals surface area contributed by atoms with Crippen LogP contribution in [-0.2, 0) is 16.0 Å². The second kappa shape index (κ2) is 6.60. The van der Waals surface area contributed by atoms with Gasteiger partial charge in [0.25, 0.3) is 0 Å². The molecule has 0 spiro atoms. The zero-order chi connectivity index (χ0) is 14.8. The van der Waals surface area contributed by atoms with Crippen molar-refractivity contribution in [2.24, 2.45) is 0 Å². The summed E-state index contributed by atoms with van der Waals surface area (Å²) in [5.41, 5.74) is 0. The summed E-state index contributed by atoms with van der Waals surface area (Å²) in [5, 5.41) is 12.3. The van der Waals surface area contributed by atoms with Crippen molar-refractivity contribution in [3.8, 4) is 0 Å². The Morgan fingerprint density at radius 1 is 1.00 bits per heavy atom. The molecule has 1 aromatic heterocycles. The molecule has 1 aromatic rings. The van der Waals surface area contributed by atoms with Crippen LogP contribution in [0.3, 0.4) is 0 Å². The third-order valence-corrected chi connectivity index (χ3v) is 4.79. The van der Waals surface area contributed by atoms with E-state index in [2.05, 4.69) is 20.4 Å². The van der Waals surface area contributed by atoms with Crippen LogP contribution in [0, 0.1) is 0 Å². The summed E-state index contributed by atoms with van der Waals surface area (Å²) in [5.74, 6) is 0.985. The molecule has 0 bridgehead atoms. The molecule has 2 aliphatic heterocycles. The predicted octanol–water partition coefficient (Wildman–Crippen LogP) is 1.17. The van der Waals surface area contributed by atoms with Crippen molar-refractivity contribution in [3.05, 3.63) is 5.82 Å². The fraction of sp³-hybridized carbons (Fsp3) is 0.933. The summed E-state index contributed by atoms with van der Waals surface area (Å²) >= 11 is 0. The molecule has 2 atom stereocenters. The molecule has 0 aromatic carbocycles. The maximum Gasteiger partial charge on any atom is 0.165 e. The first-order valence-electron chi connectivity index (χ1n) is 8.61. The fourth-order valence-corrected chi connectivity index (χ4v) is 3.48. The summed E-state index contributed by atoms with van der Waals surface area (Å²) in [6.07, 6.45) is 7.80. The monoisotopic (exact) mass is 307 g/mol. The molecule has 3 heterocycles. The van der Waals surface area contributed by atoms with Gasteiger partial charge in [-0.1, -0.05) is 0 Å². The molecule has 1 saturated carbocycles. The molecule has 4 rings (SSSR count). The lowest BCUT2D eigenvalue weighted by atomic mass is 10.2.